The Labute approximate surface area is 159 Å². The Bertz CT molecular complexity index is 929. The van der Waals surface area contributed by atoms with Gasteiger partial charge >= 0.3 is 6.18 Å². The first-order chi connectivity index (χ1) is 13.3. The largest absolute Gasteiger partial charge is 0.491 e. The van der Waals surface area contributed by atoms with Gasteiger partial charge in [-0.1, -0.05) is 24.3 Å². The summed E-state index contributed by atoms with van der Waals surface area (Å²) >= 11 is 0. The van der Waals surface area contributed by atoms with Crippen LogP contribution in [0.25, 0.3) is 0 Å². The number of rotatable bonds is 3. The number of fused-ring (bicyclic) bond motifs is 1. The zero-order valence-electron chi connectivity index (χ0n) is 14.7. The van der Waals surface area contributed by atoms with Crippen molar-refractivity contribution >= 4 is 17.5 Å². The van der Waals surface area contributed by atoms with E-state index >= 15 is 0 Å². The molecule has 2 heterocycles. The van der Waals surface area contributed by atoms with E-state index in [0.29, 0.717) is 12.4 Å². The summed E-state index contributed by atoms with van der Waals surface area (Å²) in [5, 5.41) is 2.88. The summed E-state index contributed by atoms with van der Waals surface area (Å²) in [6.07, 6.45) is -4.54. The second kappa shape index (κ2) is 6.85. The average Bonchev–Trinajstić information content (AvgIpc) is 3.25. The van der Waals surface area contributed by atoms with Crippen LogP contribution in [-0.2, 0) is 15.8 Å². The maximum absolute atomic E-state index is 12.9. The Morgan fingerprint density at radius 1 is 1.14 bits per heavy atom. The third-order valence-corrected chi connectivity index (χ3v) is 5.00. The number of halogens is 3. The normalized spacial score (nSPS) is 21.4. The van der Waals surface area contributed by atoms with E-state index in [9.17, 15) is 22.8 Å². The van der Waals surface area contributed by atoms with Crippen LogP contribution < -0.4 is 15.0 Å². The van der Waals surface area contributed by atoms with Gasteiger partial charge in [0.05, 0.1) is 17.5 Å². The highest BCUT2D eigenvalue weighted by molar-refractivity contribution is 6.00. The molecule has 0 radical (unpaired) electrons. The van der Waals surface area contributed by atoms with Crippen LogP contribution in [0.3, 0.4) is 0 Å². The molecule has 0 spiro atoms. The topological polar surface area (TPSA) is 58.6 Å². The molecule has 2 amide bonds. The third kappa shape index (κ3) is 3.42. The molecule has 2 aromatic rings. The van der Waals surface area contributed by atoms with Crippen molar-refractivity contribution in [3.05, 3.63) is 59.7 Å². The molecule has 1 N–H and O–H groups in total. The van der Waals surface area contributed by atoms with Gasteiger partial charge in [0.25, 0.3) is 0 Å². The monoisotopic (exact) mass is 390 g/mol. The molecule has 2 aliphatic heterocycles. The van der Waals surface area contributed by atoms with Gasteiger partial charge in [-0.05, 0) is 24.3 Å². The number of benzene rings is 2. The lowest BCUT2D eigenvalue weighted by Gasteiger charge is -2.19. The fourth-order valence-electron chi connectivity index (χ4n) is 3.55. The van der Waals surface area contributed by atoms with Crippen molar-refractivity contribution in [3.63, 3.8) is 0 Å². The minimum Gasteiger partial charge on any atom is -0.491 e. The van der Waals surface area contributed by atoms with Gasteiger partial charge in [-0.25, -0.2) is 0 Å². The Hall–Kier alpha value is -3.03. The van der Waals surface area contributed by atoms with Gasteiger partial charge < -0.3 is 15.0 Å². The summed E-state index contributed by atoms with van der Waals surface area (Å²) in [5.74, 6) is -0.605. The molecule has 8 heteroatoms. The molecule has 0 saturated carbocycles. The second-order valence-corrected chi connectivity index (χ2v) is 6.86. The summed E-state index contributed by atoms with van der Waals surface area (Å²) in [6.45, 7) is 0.351. The molecule has 4 rings (SSSR count). The molecule has 5 nitrogen and oxygen atoms in total. The quantitative estimate of drug-likeness (QED) is 0.875. The number of carbonyl (C=O) groups is 2. The number of carbonyl (C=O) groups excluding carboxylic acids is 2. The van der Waals surface area contributed by atoms with E-state index in [2.05, 4.69) is 5.32 Å². The predicted molar refractivity (Wildman–Crippen MR) is 94.7 cm³/mol. The summed E-state index contributed by atoms with van der Waals surface area (Å²) in [6, 6.07) is 11.6. The second-order valence-electron chi connectivity index (χ2n) is 6.86. The van der Waals surface area contributed by atoms with E-state index in [0.717, 1.165) is 17.7 Å². The molecule has 146 valence electrons. The first kappa shape index (κ1) is 18.3. The zero-order chi connectivity index (χ0) is 19.9. The molecular formula is C20H17F3N2O3. The number of nitrogens with one attached hydrogen (secondary N) is 1. The molecule has 2 atom stereocenters. The van der Waals surface area contributed by atoms with Gasteiger partial charge in [-0.3, -0.25) is 9.59 Å². The highest BCUT2D eigenvalue weighted by Gasteiger charge is 2.38. The van der Waals surface area contributed by atoms with Crippen LogP contribution in [0.5, 0.6) is 5.75 Å². The average molecular weight is 390 g/mol. The summed E-state index contributed by atoms with van der Waals surface area (Å²) < 4.78 is 44.3. The van der Waals surface area contributed by atoms with Crippen molar-refractivity contribution in [1.29, 1.82) is 0 Å². The molecule has 28 heavy (non-hydrogen) atoms. The number of para-hydroxylation sites is 1. The Balaban J connectivity index is 1.46. The Morgan fingerprint density at radius 3 is 2.71 bits per heavy atom. The van der Waals surface area contributed by atoms with Crippen molar-refractivity contribution in [2.24, 2.45) is 5.92 Å². The van der Waals surface area contributed by atoms with Crippen molar-refractivity contribution in [2.75, 3.05) is 18.1 Å². The van der Waals surface area contributed by atoms with Gasteiger partial charge in [-0.15, -0.1) is 0 Å². The number of hydrogen-bond acceptors (Lipinski definition) is 3. The van der Waals surface area contributed by atoms with Crippen LogP contribution in [-0.4, -0.2) is 25.0 Å². The Morgan fingerprint density at radius 2 is 1.93 bits per heavy atom. The molecule has 1 fully saturated rings. The molecule has 0 aromatic heterocycles. The highest BCUT2D eigenvalue weighted by Crippen LogP contribution is 2.35. The first-order valence-electron chi connectivity index (χ1n) is 8.82. The first-order valence-corrected chi connectivity index (χ1v) is 8.82. The minimum atomic E-state index is -4.49. The number of anilines is 1. The van der Waals surface area contributed by atoms with E-state index in [4.69, 9.17) is 4.74 Å². The van der Waals surface area contributed by atoms with Crippen LogP contribution in [0.1, 0.15) is 23.6 Å². The lowest BCUT2D eigenvalue weighted by molar-refractivity contribution is -0.137. The molecule has 0 aliphatic carbocycles. The summed E-state index contributed by atoms with van der Waals surface area (Å²) in [4.78, 5) is 26.2. The minimum absolute atomic E-state index is 0.0429. The number of amides is 2. The lowest BCUT2D eigenvalue weighted by atomic mass is 10.1. The number of alkyl halides is 3. The van der Waals surface area contributed by atoms with Crippen LogP contribution in [0, 0.1) is 5.92 Å². The fourth-order valence-corrected chi connectivity index (χ4v) is 3.55. The molecule has 0 unspecified atom stereocenters. The number of nitrogens with zero attached hydrogens (tertiary/aromatic N) is 1. The summed E-state index contributed by atoms with van der Waals surface area (Å²) in [5.41, 5.74) is 0.185. The van der Waals surface area contributed by atoms with Gasteiger partial charge in [-0.2, -0.15) is 13.2 Å². The van der Waals surface area contributed by atoms with Crippen LogP contribution in [0.15, 0.2) is 48.5 Å². The SMILES string of the molecule is O=C(N[C@@H]1COc2ccccc21)[C@@H]1CC(=O)N(c2cccc(C(F)(F)F)c2)C1. The molecule has 2 aliphatic rings. The van der Waals surface area contributed by atoms with Crippen LogP contribution in [0.4, 0.5) is 18.9 Å². The number of hydrogen-bond donors (Lipinski definition) is 1. The Kier molecular flexibility index (Phi) is 4.49. The van der Waals surface area contributed by atoms with E-state index in [-0.39, 0.29) is 36.5 Å². The molecule has 2 aromatic carbocycles. The van der Waals surface area contributed by atoms with Crippen molar-refractivity contribution in [2.45, 2.75) is 18.6 Å². The zero-order valence-corrected chi connectivity index (χ0v) is 14.7. The van der Waals surface area contributed by atoms with E-state index in [1.807, 2.05) is 24.3 Å². The van der Waals surface area contributed by atoms with E-state index in [1.165, 1.54) is 17.0 Å². The highest BCUT2D eigenvalue weighted by atomic mass is 19.4. The lowest BCUT2D eigenvalue weighted by Crippen LogP contribution is -2.36. The molecule has 0 bridgehead atoms. The van der Waals surface area contributed by atoms with Crippen molar-refractivity contribution in [1.82, 2.24) is 5.32 Å². The van der Waals surface area contributed by atoms with E-state index in [1.54, 1.807) is 0 Å². The van der Waals surface area contributed by atoms with E-state index < -0.39 is 17.7 Å². The smallest absolute Gasteiger partial charge is 0.416 e. The van der Waals surface area contributed by atoms with Gasteiger partial charge in [0.15, 0.2) is 0 Å². The standard InChI is InChI=1S/C20H17F3N2O3/c21-20(22,23)13-4-3-5-14(9-13)25-10-12(8-18(25)26)19(27)24-16-11-28-17-7-2-1-6-15(16)17/h1-7,9,12,16H,8,10-11H2,(H,24,27)/t12-,16-/m1/s1. The van der Waals surface area contributed by atoms with Gasteiger partial charge in [0.1, 0.15) is 12.4 Å². The maximum atomic E-state index is 12.9. The van der Waals surface area contributed by atoms with Crippen LogP contribution >= 0.6 is 0 Å². The number of ether oxygens (including phenoxy) is 1. The van der Waals surface area contributed by atoms with Gasteiger partial charge in [0, 0.05) is 24.2 Å². The molecular weight excluding hydrogens is 373 g/mol. The van der Waals surface area contributed by atoms with Crippen molar-refractivity contribution < 1.29 is 27.5 Å². The third-order valence-electron chi connectivity index (χ3n) is 5.00. The predicted octanol–water partition coefficient (Wildman–Crippen LogP) is 3.31. The maximum Gasteiger partial charge on any atom is 0.416 e. The van der Waals surface area contributed by atoms with Gasteiger partial charge in [0.2, 0.25) is 11.8 Å². The fraction of sp³-hybridized carbons (Fsp3) is 0.300. The van der Waals surface area contributed by atoms with Crippen LogP contribution in [0.2, 0.25) is 0 Å². The van der Waals surface area contributed by atoms with Crippen molar-refractivity contribution in [3.8, 4) is 5.75 Å². The molecule has 1 saturated heterocycles. The summed E-state index contributed by atoms with van der Waals surface area (Å²) in [7, 11) is 0.